The number of anilines is 4. The Morgan fingerprint density at radius 1 is 1.37 bits per heavy atom. The predicted molar refractivity (Wildman–Crippen MR) is 106 cm³/mol. The van der Waals surface area contributed by atoms with Crippen molar-refractivity contribution >= 4 is 41.5 Å². The zero-order valence-corrected chi connectivity index (χ0v) is 14.6. The number of nitrogens with zero attached hydrogens (tertiary/aromatic N) is 3. The molecule has 10 nitrogen and oxygen atoms in total. The molecule has 1 saturated carbocycles. The molecule has 1 aliphatic carbocycles. The van der Waals surface area contributed by atoms with Crippen molar-refractivity contribution in [3.63, 3.8) is 0 Å². The van der Waals surface area contributed by atoms with Gasteiger partial charge in [-0.3, -0.25) is 10.2 Å². The van der Waals surface area contributed by atoms with E-state index >= 15 is 0 Å². The Morgan fingerprint density at radius 2 is 2.15 bits per heavy atom. The first kappa shape index (κ1) is 18.3. The maximum Gasteiger partial charge on any atom is 0.254 e. The second-order valence-corrected chi connectivity index (χ2v) is 6.30. The molecule has 0 unspecified atom stereocenters. The molecule has 1 aromatic heterocycles. The Bertz CT molecular complexity index is 876. The minimum Gasteiger partial charge on any atom is -0.365 e. The van der Waals surface area contributed by atoms with E-state index in [1.165, 1.54) is 12.4 Å². The van der Waals surface area contributed by atoms with Crippen molar-refractivity contribution in [3.8, 4) is 0 Å². The molecule has 3 rings (SSSR count). The van der Waals surface area contributed by atoms with Crippen LogP contribution in [0, 0.1) is 5.41 Å². The molecule has 10 heteroatoms. The van der Waals surface area contributed by atoms with Crippen molar-refractivity contribution < 1.29 is 4.79 Å². The molecular weight excluding hydrogens is 346 g/mol. The Hall–Kier alpha value is -3.53. The fraction of sp³-hybridized carbons (Fsp3) is 0.235. The Labute approximate surface area is 156 Å². The SMILES string of the molecule is N=C/C=N\Nc1cccc(Nc2nc(NCC3(N)CC3)ncc2C(N)=O)c1. The summed E-state index contributed by atoms with van der Waals surface area (Å²) in [4.78, 5) is 20.2. The van der Waals surface area contributed by atoms with Gasteiger partial charge in [-0.15, -0.1) is 0 Å². The van der Waals surface area contributed by atoms with Crippen molar-refractivity contribution in [3.05, 3.63) is 36.0 Å². The quantitative estimate of drug-likeness (QED) is 0.286. The first-order valence-electron chi connectivity index (χ1n) is 8.34. The summed E-state index contributed by atoms with van der Waals surface area (Å²) in [6.45, 7) is 0.562. The fourth-order valence-corrected chi connectivity index (χ4v) is 2.29. The maximum atomic E-state index is 11.7. The van der Waals surface area contributed by atoms with Crippen LogP contribution in [0.4, 0.5) is 23.1 Å². The molecular formula is C17H21N9O. The van der Waals surface area contributed by atoms with Gasteiger partial charge in [-0.2, -0.15) is 10.1 Å². The fourth-order valence-electron chi connectivity index (χ4n) is 2.29. The van der Waals surface area contributed by atoms with E-state index in [0.717, 1.165) is 19.1 Å². The van der Waals surface area contributed by atoms with Crippen LogP contribution in [0.3, 0.4) is 0 Å². The lowest BCUT2D eigenvalue weighted by molar-refractivity contribution is 0.100. The maximum absolute atomic E-state index is 11.7. The third kappa shape index (κ3) is 4.98. The number of aromatic nitrogens is 2. The zero-order valence-electron chi connectivity index (χ0n) is 14.6. The van der Waals surface area contributed by atoms with Gasteiger partial charge in [0.2, 0.25) is 5.95 Å². The van der Waals surface area contributed by atoms with Crippen molar-refractivity contribution in [1.82, 2.24) is 9.97 Å². The van der Waals surface area contributed by atoms with Crippen LogP contribution in [0.15, 0.2) is 35.6 Å². The molecule has 140 valence electrons. The van der Waals surface area contributed by atoms with Gasteiger partial charge in [-0.05, 0) is 31.0 Å². The zero-order chi connectivity index (χ0) is 19.3. The van der Waals surface area contributed by atoms with Crippen LogP contribution in [0.5, 0.6) is 0 Å². The van der Waals surface area contributed by atoms with Gasteiger partial charge in [0.05, 0.1) is 11.9 Å². The van der Waals surface area contributed by atoms with Crippen LogP contribution < -0.4 is 27.5 Å². The van der Waals surface area contributed by atoms with Gasteiger partial charge in [0.25, 0.3) is 5.91 Å². The molecule has 1 heterocycles. The Balaban J connectivity index is 1.79. The monoisotopic (exact) mass is 367 g/mol. The number of carbonyl (C=O) groups excluding carboxylic acids is 1. The summed E-state index contributed by atoms with van der Waals surface area (Å²) in [7, 11) is 0. The van der Waals surface area contributed by atoms with E-state index in [1.807, 2.05) is 12.1 Å². The molecule has 1 fully saturated rings. The Morgan fingerprint density at radius 3 is 2.85 bits per heavy atom. The van der Waals surface area contributed by atoms with E-state index < -0.39 is 5.91 Å². The first-order chi connectivity index (χ1) is 13.0. The highest BCUT2D eigenvalue weighted by Gasteiger charge is 2.38. The number of hydrogen-bond donors (Lipinski definition) is 6. The number of amides is 1. The third-order valence-corrected chi connectivity index (χ3v) is 4.01. The summed E-state index contributed by atoms with van der Waals surface area (Å²) in [6, 6.07) is 7.20. The average Bonchev–Trinajstić information content (AvgIpc) is 3.38. The highest BCUT2D eigenvalue weighted by Crippen LogP contribution is 2.32. The van der Waals surface area contributed by atoms with Gasteiger partial charge in [0.15, 0.2) is 0 Å². The molecule has 1 aromatic carbocycles. The molecule has 8 N–H and O–H groups in total. The number of benzene rings is 1. The third-order valence-electron chi connectivity index (χ3n) is 4.01. The minimum atomic E-state index is -0.633. The highest BCUT2D eigenvalue weighted by molar-refractivity contribution is 6.14. The topological polar surface area (TPSA) is 167 Å². The number of hydrogen-bond acceptors (Lipinski definition) is 9. The van der Waals surface area contributed by atoms with Crippen LogP contribution in [0.25, 0.3) is 0 Å². The lowest BCUT2D eigenvalue weighted by Gasteiger charge is -2.14. The van der Waals surface area contributed by atoms with Crippen molar-refractivity contribution in [2.24, 2.45) is 16.6 Å². The van der Waals surface area contributed by atoms with Gasteiger partial charge >= 0.3 is 0 Å². The van der Waals surface area contributed by atoms with E-state index in [9.17, 15) is 4.79 Å². The summed E-state index contributed by atoms with van der Waals surface area (Å²) in [5.74, 6) is 0.0255. The molecule has 0 spiro atoms. The van der Waals surface area contributed by atoms with Crippen molar-refractivity contribution in [1.29, 1.82) is 5.41 Å². The van der Waals surface area contributed by atoms with Crippen molar-refractivity contribution in [2.45, 2.75) is 18.4 Å². The van der Waals surface area contributed by atoms with Crippen LogP contribution >= 0.6 is 0 Å². The molecule has 2 aromatic rings. The molecule has 1 amide bonds. The number of nitrogens with one attached hydrogen (secondary N) is 4. The smallest absolute Gasteiger partial charge is 0.254 e. The molecule has 27 heavy (non-hydrogen) atoms. The average molecular weight is 367 g/mol. The van der Waals surface area contributed by atoms with Gasteiger partial charge in [-0.25, -0.2) is 4.98 Å². The number of carbonyl (C=O) groups is 1. The normalized spacial score (nSPS) is 14.6. The van der Waals surface area contributed by atoms with Crippen LogP contribution in [-0.2, 0) is 0 Å². The standard InChI is InChI=1S/C17H21N9O/c18-6-7-23-26-12-3-1-2-11(8-12)24-15-13(14(19)27)9-21-16(25-15)22-10-17(20)4-5-17/h1-3,6-9,18,26H,4-5,10,20H2,(H2,19,27)(H2,21,22,24,25)/b18-6?,23-7-. The highest BCUT2D eigenvalue weighted by atomic mass is 16.1. The molecule has 1 aliphatic rings. The molecule has 0 radical (unpaired) electrons. The number of nitrogens with two attached hydrogens (primary N) is 2. The van der Waals surface area contributed by atoms with Crippen LogP contribution in [0.2, 0.25) is 0 Å². The lowest BCUT2D eigenvalue weighted by Crippen LogP contribution is -2.31. The van der Waals surface area contributed by atoms with Gasteiger partial charge in [0.1, 0.15) is 11.4 Å². The van der Waals surface area contributed by atoms with Crippen LogP contribution in [-0.4, -0.2) is 40.4 Å². The lowest BCUT2D eigenvalue weighted by atomic mass is 10.2. The molecule has 0 saturated heterocycles. The second-order valence-electron chi connectivity index (χ2n) is 6.30. The number of hydrazone groups is 1. The van der Waals surface area contributed by atoms with Gasteiger partial charge in [0, 0.05) is 30.2 Å². The predicted octanol–water partition coefficient (Wildman–Crippen LogP) is 1.27. The van der Waals surface area contributed by atoms with Crippen LogP contribution in [0.1, 0.15) is 23.2 Å². The minimum absolute atomic E-state index is 0.176. The molecule has 0 atom stereocenters. The van der Waals surface area contributed by atoms with E-state index in [-0.39, 0.29) is 11.1 Å². The van der Waals surface area contributed by atoms with E-state index in [4.69, 9.17) is 16.9 Å². The van der Waals surface area contributed by atoms with E-state index in [0.29, 0.717) is 29.7 Å². The molecule has 0 bridgehead atoms. The van der Waals surface area contributed by atoms with Crippen molar-refractivity contribution in [2.75, 3.05) is 22.6 Å². The molecule has 0 aliphatic heterocycles. The first-order valence-corrected chi connectivity index (χ1v) is 8.34. The number of primary amides is 1. The summed E-state index contributed by atoms with van der Waals surface area (Å²) in [5, 5.41) is 16.9. The summed E-state index contributed by atoms with van der Waals surface area (Å²) < 4.78 is 0. The number of rotatable bonds is 9. The van der Waals surface area contributed by atoms with Gasteiger partial charge < -0.3 is 27.5 Å². The summed E-state index contributed by atoms with van der Waals surface area (Å²) >= 11 is 0. The summed E-state index contributed by atoms with van der Waals surface area (Å²) in [5.41, 5.74) is 15.6. The van der Waals surface area contributed by atoms with E-state index in [2.05, 4.69) is 31.1 Å². The summed E-state index contributed by atoms with van der Waals surface area (Å²) in [6.07, 6.45) is 5.69. The largest absolute Gasteiger partial charge is 0.365 e. The van der Waals surface area contributed by atoms with E-state index in [1.54, 1.807) is 12.1 Å². The second kappa shape index (κ2) is 7.79. The van der Waals surface area contributed by atoms with Gasteiger partial charge in [-0.1, -0.05) is 6.07 Å². The Kier molecular flexibility index (Phi) is 5.27.